The summed E-state index contributed by atoms with van der Waals surface area (Å²) in [6.07, 6.45) is 1.48. The van der Waals surface area contributed by atoms with Gasteiger partial charge in [0.1, 0.15) is 0 Å². The highest BCUT2D eigenvalue weighted by atomic mass is 32.1. The zero-order chi connectivity index (χ0) is 20.9. The summed E-state index contributed by atoms with van der Waals surface area (Å²) in [5.41, 5.74) is 1.28. The Labute approximate surface area is 178 Å². The molecule has 1 saturated heterocycles. The van der Waals surface area contributed by atoms with Gasteiger partial charge in [-0.15, -0.1) is 0 Å². The molecule has 0 atom stereocenters. The van der Waals surface area contributed by atoms with Crippen LogP contribution in [0.5, 0.6) is 11.5 Å². The molecule has 2 aliphatic heterocycles. The predicted molar refractivity (Wildman–Crippen MR) is 112 cm³/mol. The third-order valence-electron chi connectivity index (χ3n) is 5.27. The van der Waals surface area contributed by atoms with Crippen molar-refractivity contribution in [3.63, 3.8) is 0 Å². The first-order valence-electron chi connectivity index (χ1n) is 9.89. The van der Waals surface area contributed by atoms with Crippen LogP contribution in [0, 0.1) is 5.92 Å². The normalized spacial score (nSPS) is 15.7. The molecule has 0 spiro atoms. The Kier molecular flexibility index (Phi) is 6.18. The van der Waals surface area contributed by atoms with Gasteiger partial charge in [-0.25, -0.2) is 0 Å². The number of hydrogen-bond donors (Lipinski definition) is 2. The fourth-order valence-corrected chi connectivity index (χ4v) is 4.18. The molecule has 0 unspecified atom stereocenters. The van der Waals surface area contributed by atoms with Crippen LogP contribution in [0.15, 0.2) is 35.0 Å². The molecule has 4 rings (SSSR count). The number of nitrogens with zero attached hydrogens (tertiary/aromatic N) is 1. The molecule has 3 heterocycles. The molecular formula is C21H23N3O5S. The lowest BCUT2D eigenvalue weighted by molar-refractivity contribution is -0.134. The van der Waals surface area contributed by atoms with E-state index < -0.39 is 0 Å². The summed E-state index contributed by atoms with van der Waals surface area (Å²) in [4.78, 5) is 38.6. The van der Waals surface area contributed by atoms with Crippen LogP contribution in [0.1, 0.15) is 29.6 Å². The minimum Gasteiger partial charge on any atom is -0.454 e. The lowest BCUT2D eigenvalue weighted by Gasteiger charge is -2.31. The number of nitrogens with one attached hydrogen (secondary N) is 2. The third kappa shape index (κ3) is 4.73. The molecule has 0 bridgehead atoms. The molecule has 9 heteroatoms. The molecule has 0 aliphatic carbocycles. The first-order chi connectivity index (χ1) is 14.6. The van der Waals surface area contributed by atoms with Crippen LogP contribution in [-0.4, -0.2) is 49.0 Å². The maximum absolute atomic E-state index is 12.6. The molecule has 8 nitrogen and oxygen atoms in total. The van der Waals surface area contributed by atoms with Gasteiger partial charge in [0.15, 0.2) is 11.5 Å². The lowest BCUT2D eigenvalue weighted by atomic mass is 9.95. The van der Waals surface area contributed by atoms with Gasteiger partial charge in [-0.05, 0) is 36.4 Å². The minimum absolute atomic E-state index is 0.00440. The number of carbonyl (C=O) groups excluding carboxylic acids is 3. The number of amides is 3. The second-order valence-corrected chi connectivity index (χ2v) is 8.01. The molecule has 0 saturated carbocycles. The van der Waals surface area contributed by atoms with Crippen molar-refractivity contribution in [2.75, 3.05) is 31.7 Å². The molecule has 3 amide bonds. The van der Waals surface area contributed by atoms with E-state index in [0.717, 1.165) is 0 Å². The molecule has 2 N–H and O–H groups in total. The van der Waals surface area contributed by atoms with Crippen LogP contribution in [-0.2, 0) is 9.59 Å². The topological polar surface area (TPSA) is 97.0 Å². The van der Waals surface area contributed by atoms with Crippen LogP contribution in [0.25, 0.3) is 0 Å². The average Bonchev–Trinajstić information content (AvgIpc) is 3.45. The summed E-state index contributed by atoms with van der Waals surface area (Å²) in [6, 6.07) is 7.06. The van der Waals surface area contributed by atoms with Gasteiger partial charge in [0.2, 0.25) is 18.6 Å². The van der Waals surface area contributed by atoms with Gasteiger partial charge in [-0.2, -0.15) is 11.3 Å². The van der Waals surface area contributed by atoms with E-state index in [1.807, 2.05) is 5.38 Å². The van der Waals surface area contributed by atoms with Crippen molar-refractivity contribution in [1.82, 2.24) is 10.2 Å². The summed E-state index contributed by atoms with van der Waals surface area (Å²) < 4.78 is 10.6. The largest absolute Gasteiger partial charge is 0.454 e. The molecule has 0 radical (unpaired) electrons. The number of anilines is 1. The highest BCUT2D eigenvalue weighted by Crippen LogP contribution is 2.34. The van der Waals surface area contributed by atoms with Crippen LogP contribution in [0.2, 0.25) is 0 Å². The van der Waals surface area contributed by atoms with E-state index >= 15 is 0 Å². The standard InChI is InChI=1S/C21H23N3O5S/c25-19(3-7-22-20(26)15-6-10-30-12-15)24-8-4-14(5-9-24)21(27)23-16-1-2-17-18(11-16)29-13-28-17/h1-2,6,10-12,14H,3-5,7-9,13H2,(H,22,26)(H,23,27). The van der Waals surface area contributed by atoms with Crippen molar-refractivity contribution >= 4 is 34.7 Å². The number of carbonyl (C=O) groups is 3. The number of hydrogen-bond acceptors (Lipinski definition) is 6. The summed E-state index contributed by atoms with van der Waals surface area (Å²) in [5.74, 6) is 0.936. The van der Waals surface area contributed by atoms with Gasteiger partial charge >= 0.3 is 0 Å². The van der Waals surface area contributed by atoms with E-state index in [1.165, 1.54) is 11.3 Å². The lowest BCUT2D eigenvalue weighted by Crippen LogP contribution is -2.42. The minimum atomic E-state index is -0.164. The molecule has 2 aliphatic rings. The summed E-state index contributed by atoms with van der Waals surface area (Å²) in [5, 5.41) is 9.30. The Hall–Kier alpha value is -3.07. The Morgan fingerprint density at radius 1 is 1.10 bits per heavy atom. The predicted octanol–water partition coefficient (Wildman–Crippen LogP) is 2.47. The van der Waals surface area contributed by atoms with E-state index in [9.17, 15) is 14.4 Å². The SMILES string of the molecule is O=C(NCCC(=O)N1CCC(C(=O)Nc2ccc3c(c2)OCO3)CC1)c1ccsc1. The summed E-state index contributed by atoms with van der Waals surface area (Å²) in [6.45, 7) is 1.57. The number of likely N-dealkylation sites (tertiary alicyclic amines) is 1. The highest BCUT2D eigenvalue weighted by Gasteiger charge is 2.27. The first kappa shape index (κ1) is 20.2. The van der Waals surface area contributed by atoms with Crippen LogP contribution >= 0.6 is 11.3 Å². The number of piperidine rings is 1. The Morgan fingerprint density at radius 3 is 2.67 bits per heavy atom. The Bertz CT molecular complexity index is 923. The van der Waals surface area contributed by atoms with E-state index in [1.54, 1.807) is 34.5 Å². The maximum atomic E-state index is 12.6. The van der Waals surface area contributed by atoms with Crippen LogP contribution in [0.3, 0.4) is 0 Å². The monoisotopic (exact) mass is 429 g/mol. The van der Waals surface area contributed by atoms with Gasteiger partial charge in [-0.1, -0.05) is 0 Å². The van der Waals surface area contributed by atoms with Crippen molar-refractivity contribution in [1.29, 1.82) is 0 Å². The second-order valence-electron chi connectivity index (χ2n) is 7.23. The van der Waals surface area contributed by atoms with Crippen molar-refractivity contribution in [3.8, 4) is 11.5 Å². The summed E-state index contributed by atoms with van der Waals surface area (Å²) >= 11 is 1.46. The highest BCUT2D eigenvalue weighted by molar-refractivity contribution is 7.08. The van der Waals surface area contributed by atoms with Gasteiger partial charge < -0.3 is 25.0 Å². The van der Waals surface area contributed by atoms with Crippen molar-refractivity contribution < 1.29 is 23.9 Å². The zero-order valence-electron chi connectivity index (χ0n) is 16.4. The van der Waals surface area contributed by atoms with E-state index in [0.29, 0.717) is 55.2 Å². The van der Waals surface area contributed by atoms with E-state index in [4.69, 9.17) is 9.47 Å². The molecule has 30 heavy (non-hydrogen) atoms. The number of ether oxygens (including phenoxy) is 2. The van der Waals surface area contributed by atoms with Crippen molar-refractivity contribution in [2.45, 2.75) is 19.3 Å². The second kappa shape index (κ2) is 9.17. The molecular weight excluding hydrogens is 406 g/mol. The maximum Gasteiger partial charge on any atom is 0.252 e. The van der Waals surface area contributed by atoms with Gasteiger partial charge in [0, 0.05) is 54.7 Å². The van der Waals surface area contributed by atoms with Crippen molar-refractivity contribution in [3.05, 3.63) is 40.6 Å². The fraction of sp³-hybridized carbons (Fsp3) is 0.381. The Balaban J connectivity index is 1.19. The molecule has 2 aromatic rings. The van der Waals surface area contributed by atoms with Gasteiger partial charge in [0.05, 0.1) is 0 Å². The van der Waals surface area contributed by atoms with Crippen LogP contribution < -0.4 is 20.1 Å². The molecule has 1 aromatic heterocycles. The fourth-order valence-electron chi connectivity index (χ4n) is 3.55. The van der Waals surface area contributed by atoms with Crippen molar-refractivity contribution in [2.24, 2.45) is 5.92 Å². The molecule has 1 fully saturated rings. The van der Waals surface area contributed by atoms with E-state index in [2.05, 4.69) is 10.6 Å². The first-order valence-corrected chi connectivity index (χ1v) is 10.8. The number of rotatable bonds is 6. The molecule has 1 aromatic carbocycles. The zero-order valence-corrected chi connectivity index (χ0v) is 17.2. The van der Waals surface area contributed by atoms with Crippen LogP contribution in [0.4, 0.5) is 5.69 Å². The van der Waals surface area contributed by atoms with Gasteiger partial charge in [-0.3, -0.25) is 14.4 Å². The smallest absolute Gasteiger partial charge is 0.252 e. The van der Waals surface area contributed by atoms with E-state index in [-0.39, 0.29) is 36.9 Å². The molecule has 158 valence electrons. The Morgan fingerprint density at radius 2 is 1.90 bits per heavy atom. The third-order valence-corrected chi connectivity index (χ3v) is 5.95. The quantitative estimate of drug-likeness (QED) is 0.735. The van der Waals surface area contributed by atoms with Gasteiger partial charge in [0.25, 0.3) is 5.91 Å². The average molecular weight is 429 g/mol. The number of benzene rings is 1. The summed E-state index contributed by atoms with van der Waals surface area (Å²) in [7, 11) is 0. The number of thiophene rings is 1. The number of fused-ring (bicyclic) bond motifs is 1.